The van der Waals surface area contributed by atoms with Crippen molar-refractivity contribution in [2.75, 3.05) is 26.3 Å². The first-order chi connectivity index (χ1) is 11.3. The second-order valence-electron chi connectivity index (χ2n) is 5.48. The van der Waals surface area contributed by atoms with E-state index in [1.54, 1.807) is 0 Å². The first-order valence-corrected chi connectivity index (χ1v) is 8.46. The average Bonchev–Trinajstić information content (AvgIpc) is 2.97. The molecule has 0 unspecified atom stereocenters. The molecule has 2 heterocycles. The van der Waals surface area contributed by atoms with Crippen molar-refractivity contribution in [2.45, 2.75) is 0 Å². The van der Waals surface area contributed by atoms with Gasteiger partial charge in [0.2, 0.25) is 0 Å². The first-order valence-electron chi connectivity index (χ1n) is 7.64. The van der Waals surface area contributed by atoms with Gasteiger partial charge in [-0.25, -0.2) is 0 Å². The van der Waals surface area contributed by atoms with Gasteiger partial charge in [-0.05, 0) is 34.2 Å². The highest BCUT2D eigenvalue weighted by Gasteiger charge is 2.27. The fourth-order valence-electron chi connectivity index (χ4n) is 2.81. The van der Waals surface area contributed by atoms with Crippen molar-refractivity contribution >= 4 is 39.7 Å². The quantitative estimate of drug-likeness (QED) is 0.756. The molecule has 1 amide bonds. The van der Waals surface area contributed by atoms with E-state index in [1.165, 1.54) is 17.1 Å². The number of benzene rings is 2. The minimum atomic E-state index is -0.149. The van der Waals surface area contributed by atoms with Crippen molar-refractivity contribution < 1.29 is 9.53 Å². The van der Waals surface area contributed by atoms with Gasteiger partial charge in [0.25, 0.3) is 5.91 Å². The fourth-order valence-corrected chi connectivity index (χ4v) is 3.76. The summed E-state index contributed by atoms with van der Waals surface area (Å²) in [6.07, 6.45) is 1.95. The van der Waals surface area contributed by atoms with Crippen LogP contribution in [0.15, 0.2) is 52.4 Å². The van der Waals surface area contributed by atoms with Crippen LogP contribution in [-0.2, 0) is 9.53 Å². The molecule has 4 nitrogen and oxygen atoms in total. The standard InChI is InChI=1S/C18H16N2O2S/c21-17-16(23-18(19-17)20-8-10-22-11-9-20)12-14-6-3-5-13-4-1-2-7-15(13)14/h1-7,12H,8-11H2/b16-12-. The molecule has 0 spiro atoms. The van der Waals surface area contributed by atoms with Crippen molar-refractivity contribution in [1.82, 2.24) is 4.90 Å². The molecule has 1 saturated heterocycles. The van der Waals surface area contributed by atoms with Gasteiger partial charge in [-0.1, -0.05) is 42.5 Å². The lowest BCUT2D eigenvalue weighted by atomic mass is 10.0. The van der Waals surface area contributed by atoms with Crippen LogP contribution in [0.5, 0.6) is 0 Å². The summed E-state index contributed by atoms with van der Waals surface area (Å²) >= 11 is 1.46. The van der Waals surface area contributed by atoms with E-state index in [0.29, 0.717) is 18.1 Å². The zero-order chi connectivity index (χ0) is 15.6. The summed E-state index contributed by atoms with van der Waals surface area (Å²) in [7, 11) is 0. The lowest BCUT2D eigenvalue weighted by Crippen LogP contribution is -2.38. The van der Waals surface area contributed by atoms with Crippen LogP contribution in [0.25, 0.3) is 16.8 Å². The van der Waals surface area contributed by atoms with Gasteiger partial charge in [0.05, 0.1) is 18.1 Å². The van der Waals surface area contributed by atoms with Crippen molar-refractivity contribution in [2.24, 2.45) is 4.99 Å². The third-order valence-electron chi connectivity index (χ3n) is 4.00. The number of hydrogen-bond donors (Lipinski definition) is 0. The molecule has 0 N–H and O–H groups in total. The maximum Gasteiger partial charge on any atom is 0.286 e. The van der Waals surface area contributed by atoms with Crippen LogP contribution >= 0.6 is 11.8 Å². The zero-order valence-corrected chi connectivity index (χ0v) is 13.4. The second kappa shape index (κ2) is 6.18. The number of aliphatic imine (C=N–C) groups is 1. The lowest BCUT2D eigenvalue weighted by Gasteiger charge is -2.27. The number of rotatable bonds is 1. The normalized spacial score (nSPS) is 20.3. The maximum absolute atomic E-state index is 12.2. The lowest BCUT2D eigenvalue weighted by molar-refractivity contribution is -0.113. The Kier molecular flexibility index (Phi) is 3.89. The van der Waals surface area contributed by atoms with Crippen LogP contribution < -0.4 is 0 Å². The molecule has 0 bridgehead atoms. The molecular weight excluding hydrogens is 308 g/mol. The van der Waals surface area contributed by atoms with Crippen molar-refractivity contribution in [3.8, 4) is 0 Å². The number of thioether (sulfide) groups is 1. The highest BCUT2D eigenvalue weighted by Crippen LogP contribution is 2.32. The molecule has 116 valence electrons. The van der Waals surface area contributed by atoms with Gasteiger partial charge >= 0.3 is 0 Å². The molecule has 1 fully saturated rings. The Morgan fingerprint density at radius 1 is 1.09 bits per heavy atom. The summed E-state index contributed by atoms with van der Waals surface area (Å²) in [5, 5.41) is 3.12. The number of carbonyl (C=O) groups is 1. The van der Waals surface area contributed by atoms with Gasteiger partial charge in [-0.3, -0.25) is 4.79 Å². The SMILES string of the molecule is O=C1N=C(N2CCOCC2)S/C1=C\c1cccc2ccccc12. The number of morpholine rings is 1. The van der Waals surface area contributed by atoms with Gasteiger partial charge in [-0.2, -0.15) is 4.99 Å². The summed E-state index contributed by atoms with van der Waals surface area (Å²) in [6, 6.07) is 14.3. The van der Waals surface area contributed by atoms with E-state index < -0.39 is 0 Å². The highest BCUT2D eigenvalue weighted by atomic mass is 32.2. The van der Waals surface area contributed by atoms with E-state index in [9.17, 15) is 4.79 Å². The Morgan fingerprint density at radius 2 is 1.87 bits per heavy atom. The number of amides is 1. The topological polar surface area (TPSA) is 41.9 Å². The van der Waals surface area contributed by atoms with E-state index in [2.05, 4.69) is 28.1 Å². The van der Waals surface area contributed by atoms with Crippen LogP contribution in [0, 0.1) is 0 Å². The zero-order valence-electron chi connectivity index (χ0n) is 12.6. The molecule has 2 aromatic rings. The molecule has 0 atom stereocenters. The Labute approximate surface area is 138 Å². The molecule has 0 aromatic heterocycles. The minimum Gasteiger partial charge on any atom is -0.378 e. The predicted octanol–water partition coefficient (Wildman–Crippen LogP) is 3.14. The summed E-state index contributed by atoms with van der Waals surface area (Å²) in [5.74, 6) is -0.149. The van der Waals surface area contributed by atoms with Crippen LogP contribution in [0.4, 0.5) is 0 Å². The van der Waals surface area contributed by atoms with Crippen LogP contribution in [0.3, 0.4) is 0 Å². The monoisotopic (exact) mass is 324 g/mol. The van der Waals surface area contributed by atoms with Gasteiger partial charge in [0.1, 0.15) is 0 Å². The van der Waals surface area contributed by atoms with Crippen LogP contribution in [0.1, 0.15) is 5.56 Å². The molecule has 0 radical (unpaired) electrons. The molecular formula is C18H16N2O2S. The molecule has 2 aromatic carbocycles. The Hall–Kier alpha value is -2.11. The van der Waals surface area contributed by atoms with E-state index in [0.717, 1.165) is 29.2 Å². The number of fused-ring (bicyclic) bond motifs is 1. The highest BCUT2D eigenvalue weighted by molar-refractivity contribution is 8.18. The number of amidine groups is 1. The van der Waals surface area contributed by atoms with Gasteiger partial charge in [0, 0.05) is 13.1 Å². The van der Waals surface area contributed by atoms with E-state index in [1.807, 2.05) is 30.3 Å². The van der Waals surface area contributed by atoms with Crippen LogP contribution in [0.2, 0.25) is 0 Å². The van der Waals surface area contributed by atoms with E-state index in [4.69, 9.17) is 4.74 Å². The number of hydrogen-bond acceptors (Lipinski definition) is 4. The van der Waals surface area contributed by atoms with Crippen molar-refractivity contribution in [3.63, 3.8) is 0 Å². The third kappa shape index (κ3) is 2.90. The van der Waals surface area contributed by atoms with Gasteiger partial charge < -0.3 is 9.64 Å². The maximum atomic E-state index is 12.2. The molecule has 0 aliphatic carbocycles. The van der Waals surface area contributed by atoms with Gasteiger partial charge in [0.15, 0.2) is 5.17 Å². The minimum absolute atomic E-state index is 0.149. The summed E-state index contributed by atoms with van der Waals surface area (Å²) in [4.78, 5) is 19.3. The summed E-state index contributed by atoms with van der Waals surface area (Å²) in [6.45, 7) is 2.97. The second-order valence-corrected chi connectivity index (χ2v) is 6.49. The Balaban J connectivity index is 1.63. The summed E-state index contributed by atoms with van der Waals surface area (Å²) in [5.41, 5.74) is 1.05. The molecule has 0 saturated carbocycles. The third-order valence-corrected chi connectivity index (χ3v) is 5.05. The van der Waals surface area contributed by atoms with Gasteiger partial charge in [-0.15, -0.1) is 0 Å². The Morgan fingerprint density at radius 3 is 2.74 bits per heavy atom. The fraction of sp³-hybridized carbons (Fsp3) is 0.222. The van der Waals surface area contributed by atoms with Crippen molar-refractivity contribution in [1.29, 1.82) is 0 Å². The van der Waals surface area contributed by atoms with Crippen molar-refractivity contribution in [3.05, 3.63) is 52.9 Å². The van der Waals surface area contributed by atoms with E-state index >= 15 is 0 Å². The van der Waals surface area contributed by atoms with E-state index in [-0.39, 0.29) is 5.91 Å². The average molecular weight is 324 g/mol. The summed E-state index contributed by atoms with van der Waals surface area (Å²) < 4.78 is 5.35. The molecule has 23 heavy (non-hydrogen) atoms. The number of carbonyl (C=O) groups excluding carboxylic acids is 1. The number of ether oxygens (including phenoxy) is 1. The number of nitrogens with zero attached hydrogens (tertiary/aromatic N) is 2. The largest absolute Gasteiger partial charge is 0.378 e. The predicted molar refractivity (Wildman–Crippen MR) is 94.4 cm³/mol. The molecule has 2 aliphatic rings. The van der Waals surface area contributed by atoms with Crippen LogP contribution in [-0.4, -0.2) is 42.3 Å². The first kappa shape index (κ1) is 14.5. The molecule has 4 rings (SSSR count). The smallest absolute Gasteiger partial charge is 0.286 e. The molecule has 5 heteroatoms. The Bertz CT molecular complexity index is 817. The molecule has 2 aliphatic heterocycles.